The summed E-state index contributed by atoms with van der Waals surface area (Å²) in [4.78, 5) is 3.83. The molecule has 1 aromatic heterocycles. The summed E-state index contributed by atoms with van der Waals surface area (Å²) in [6.07, 6.45) is 5.36. The summed E-state index contributed by atoms with van der Waals surface area (Å²) in [7, 11) is -6.00. The molecule has 14 heavy (non-hydrogen) atoms. The molecule has 0 aliphatic carbocycles. The zero-order valence-electron chi connectivity index (χ0n) is 7.30. The molecule has 80 valence electrons. The van der Waals surface area contributed by atoms with Gasteiger partial charge in [-0.1, -0.05) is 11.6 Å². The molecule has 0 radical (unpaired) electrons. The number of hydrogen-bond donors (Lipinski definition) is 0. The third-order valence-electron chi connectivity index (χ3n) is 1.09. The summed E-state index contributed by atoms with van der Waals surface area (Å²) in [5.41, 5.74) is 0. The van der Waals surface area contributed by atoms with Crippen LogP contribution in [0.3, 0.4) is 0 Å². The quantitative estimate of drug-likeness (QED) is 0.411. The Morgan fingerprint density at radius 2 is 1.93 bits per heavy atom. The maximum Gasteiger partial charge on any atom is 0.673 e. The molecule has 0 spiro atoms. The van der Waals surface area contributed by atoms with Crippen molar-refractivity contribution < 1.29 is 21.8 Å². The van der Waals surface area contributed by atoms with Crippen LogP contribution in [0.15, 0.2) is 18.6 Å². The van der Waals surface area contributed by atoms with E-state index in [9.17, 15) is 17.3 Å². The van der Waals surface area contributed by atoms with Gasteiger partial charge in [0, 0.05) is 0 Å². The summed E-state index contributed by atoms with van der Waals surface area (Å²) in [6.45, 7) is 2.98. The van der Waals surface area contributed by atoms with Crippen molar-refractivity contribution in [3.8, 4) is 0 Å². The first-order chi connectivity index (χ1) is 6.33. The first-order valence-corrected chi connectivity index (χ1v) is 4.08. The first-order valence-electron chi connectivity index (χ1n) is 3.71. The molecular weight excluding hydrogens is 222 g/mol. The molecule has 0 fully saturated rings. The molecule has 0 saturated carbocycles. The molecule has 2 nitrogen and oxygen atoms in total. The molecule has 1 aromatic rings. The normalized spacial score (nSPS) is 10.4. The molecule has 0 atom stereocenters. The van der Waals surface area contributed by atoms with E-state index in [4.69, 9.17) is 11.6 Å². The van der Waals surface area contributed by atoms with Gasteiger partial charge in [0.15, 0.2) is 11.3 Å². The van der Waals surface area contributed by atoms with Gasteiger partial charge in [0.1, 0.15) is 6.54 Å². The van der Waals surface area contributed by atoms with E-state index in [-0.39, 0.29) is 0 Å². The van der Waals surface area contributed by atoms with Gasteiger partial charge in [0.25, 0.3) is 0 Å². The van der Waals surface area contributed by atoms with E-state index in [0.717, 1.165) is 6.54 Å². The van der Waals surface area contributed by atoms with E-state index in [0.29, 0.717) is 5.15 Å². The molecule has 1 rings (SSSR count). The maximum atomic E-state index is 9.75. The minimum absolute atomic E-state index is 0.541. The molecule has 0 saturated heterocycles. The van der Waals surface area contributed by atoms with Crippen LogP contribution in [-0.2, 0) is 6.54 Å². The van der Waals surface area contributed by atoms with Gasteiger partial charge in [-0.2, -0.15) is 0 Å². The molecule has 0 unspecified atom stereocenters. The molecule has 1 heterocycles. The van der Waals surface area contributed by atoms with Gasteiger partial charge in [-0.3, -0.25) is 0 Å². The third-order valence-corrected chi connectivity index (χ3v) is 1.29. The van der Waals surface area contributed by atoms with Crippen LogP contribution in [0.5, 0.6) is 0 Å². The van der Waals surface area contributed by atoms with Crippen LogP contribution >= 0.6 is 11.6 Å². The lowest BCUT2D eigenvalue weighted by Gasteiger charge is -1.94. The van der Waals surface area contributed by atoms with Crippen molar-refractivity contribution in [3.05, 3.63) is 23.7 Å². The zero-order valence-corrected chi connectivity index (χ0v) is 8.06. The van der Waals surface area contributed by atoms with Crippen LogP contribution in [0.1, 0.15) is 6.92 Å². The van der Waals surface area contributed by atoms with E-state index in [1.165, 1.54) is 0 Å². The fourth-order valence-electron chi connectivity index (χ4n) is 0.600. The Kier molecular flexibility index (Phi) is 5.45. The Balaban J connectivity index is 0.000000292. The molecule has 0 bridgehead atoms. The largest absolute Gasteiger partial charge is 0.673 e. The maximum absolute atomic E-state index is 9.75. The van der Waals surface area contributed by atoms with Crippen molar-refractivity contribution in [1.29, 1.82) is 0 Å². The molecule has 0 aromatic carbocycles. The third kappa shape index (κ3) is 9.24. The van der Waals surface area contributed by atoms with Crippen LogP contribution in [0.2, 0.25) is 5.15 Å². The van der Waals surface area contributed by atoms with Crippen LogP contribution in [0, 0.1) is 0 Å². The summed E-state index contributed by atoms with van der Waals surface area (Å²) in [5.74, 6) is 0. The van der Waals surface area contributed by atoms with Crippen LogP contribution in [0.25, 0.3) is 0 Å². The smallest absolute Gasteiger partial charge is 0.418 e. The summed E-state index contributed by atoms with van der Waals surface area (Å²) in [6, 6.07) is 0. The lowest BCUT2D eigenvalue weighted by Crippen LogP contribution is -2.31. The van der Waals surface area contributed by atoms with Crippen molar-refractivity contribution >= 4 is 18.9 Å². The summed E-state index contributed by atoms with van der Waals surface area (Å²) in [5, 5.41) is 0.541. The van der Waals surface area contributed by atoms with E-state index >= 15 is 0 Å². The average Bonchev–Trinajstić information content (AvgIpc) is 2.01. The minimum Gasteiger partial charge on any atom is -0.418 e. The van der Waals surface area contributed by atoms with Gasteiger partial charge >= 0.3 is 7.25 Å². The van der Waals surface area contributed by atoms with Crippen molar-refractivity contribution in [3.63, 3.8) is 0 Å². The van der Waals surface area contributed by atoms with Gasteiger partial charge in [-0.05, 0) is 6.92 Å². The van der Waals surface area contributed by atoms with Crippen molar-refractivity contribution in [2.75, 3.05) is 0 Å². The molecule has 0 aliphatic heterocycles. The van der Waals surface area contributed by atoms with Crippen molar-refractivity contribution in [2.45, 2.75) is 13.5 Å². The first kappa shape index (κ1) is 13.2. The fraction of sp³-hybridized carbons (Fsp3) is 0.333. The van der Waals surface area contributed by atoms with E-state index in [2.05, 4.69) is 11.9 Å². The van der Waals surface area contributed by atoms with E-state index < -0.39 is 7.25 Å². The lowest BCUT2D eigenvalue weighted by molar-refractivity contribution is -0.694. The Bertz CT molecular complexity index is 275. The fourth-order valence-corrected chi connectivity index (χ4v) is 0.782. The number of hydrogen-bond acceptors (Lipinski definition) is 1. The van der Waals surface area contributed by atoms with Gasteiger partial charge in [-0.15, -0.1) is 0 Å². The van der Waals surface area contributed by atoms with Crippen LogP contribution < -0.4 is 4.57 Å². The predicted octanol–water partition coefficient (Wildman–Crippen LogP) is 2.34. The number of rotatable bonds is 1. The summed E-state index contributed by atoms with van der Waals surface area (Å²) >= 11 is 5.59. The predicted molar refractivity (Wildman–Crippen MR) is 45.3 cm³/mol. The van der Waals surface area contributed by atoms with Gasteiger partial charge in [-0.25, -0.2) is 9.55 Å². The standard InChI is InChI=1S/C6H8ClN2.BF4/c1-2-9-4-3-8-6(7)5-9;2-1(3,4)5/h3-5H,2H2,1H3;/q+1;-1. The molecule has 0 N–H and O–H groups in total. The monoisotopic (exact) mass is 230 g/mol. The second-order valence-corrected chi connectivity index (χ2v) is 2.59. The molecule has 8 heteroatoms. The van der Waals surface area contributed by atoms with Gasteiger partial charge in [0.2, 0.25) is 6.20 Å². The Morgan fingerprint density at radius 1 is 1.43 bits per heavy atom. The van der Waals surface area contributed by atoms with Crippen LogP contribution in [0.4, 0.5) is 17.3 Å². The Morgan fingerprint density at radius 3 is 2.21 bits per heavy atom. The zero-order chi connectivity index (χ0) is 11.2. The summed E-state index contributed by atoms with van der Waals surface area (Å²) < 4.78 is 41.0. The minimum atomic E-state index is -6.00. The van der Waals surface area contributed by atoms with Gasteiger partial charge < -0.3 is 17.3 Å². The number of aryl methyl sites for hydroxylation is 1. The van der Waals surface area contributed by atoms with E-state index in [1.54, 1.807) is 12.4 Å². The Hall–Kier alpha value is -0.845. The van der Waals surface area contributed by atoms with Crippen LogP contribution in [-0.4, -0.2) is 12.2 Å². The number of aromatic nitrogens is 2. The lowest BCUT2D eigenvalue weighted by atomic mass is 10.3. The SMILES string of the molecule is CC[n+]1ccnc(Cl)c1.F[B-](F)(F)F. The van der Waals surface area contributed by atoms with Gasteiger partial charge in [0.05, 0.1) is 6.20 Å². The highest BCUT2D eigenvalue weighted by Gasteiger charge is 2.20. The highest BCUT2D eigenvalue weighted by Crippen LogP contribution is 2.06. The number of halogens is 5. The topological polar surface area (TPSA) is 16.8 Å². The number of nitrogens with zero attached hydrogens (tertiary/aromatic N) is 2. The highest BCUT2D eigenvalue weighted by atomic mass is 35.5. The van der Waals surface area contributed by atoms with Crippen molar-refractivity contribution in [2.24, 2.45) is 0 Å². The second kappa shape index (κ2) is 5.80. The van der Waals surface area contributed by atoms with Crippen molar-refractivity contribution in [1.82, 2.24) is 4.98 Å². The highest BCUT2D eigenvalue weighted by molar-refractivity contribution is 6.50. The molecule has 0 aliphatic rings. The average molecular weight is 230 g/mol. The molecular formula is C6H8BClF4N2. The van der Waals surface area contributed by atoms with E-state index in [1.807, 2.05) is 10.8 Å². The second-order valence-electron chi connectivity index (χ2n) is 2.20. The molecule has 0 amide bonds. The Labute approximate surface area is 83.6 Å².